The van der Waals surface area contributed by atoms with Crippen LogP contribution in [0.15, 0.2) is 0 Å². The minimum atomic E-state index is -4.95. The fraction of sp³-hybridized carbons (Fsp3) is 0.944. The van der Waals surface area contributed by atoms with Gasteiger partial charge in [0.2, 0.25) is 0 Å². The van der Waals surface area contributed by atoms with Crippen LogP contribution in [-0.4, -0.2) is 96.7 Å². The van der Waals surface area contributed by atoms with Crippen LogP contribution in [0.5, 0.6) is 0 Å². The summed E-state index contributed by atoms with van der Waals surface area (Å²) < 4.78 is 68.3. The quantitative estimate of drug-likeness (QED) is 0.0222. The van der Waals surface area contributed by atoms with Gasteiger partial charge in [-0.15, -0.1) is 0 Å². The van der Waals surface area contributed by atoms with E-state index in [1.165, 1.54) is 154 Å². The molecular formula is C72H140O17P2. The van der Waals surface area contributed by atoms with E-state index in [2.05, 4.69) is 55.4 Å². The van der Waals surface area contributed by atoms with Crippen LogP contribution in [0.4, 0.5) is 0 Å². The summed E-state index contributed by atoms with van der Waals surface area (Å²) in [5.74, 6) is 0.802. The van der Waals surface area contributed by atoms with Crippen molar-refractivity contribution in [3.63, 3.8) is 0 Å². The monoisotopic (exact) mass is 1340 g/mol. The molecule has 0 aliphatic heterocycles. The van der Waals surface area contributed by atoms with E-state index in [-0.39, 0.29) is 25.7 Å². The highest BCUT2D eigenvalue weighted by molar-refractivity contribution is 7.47. The second-order valence-corrected chi connectivity index (χ2v) is 30.8. The third-order valence-corrected chi connectivity index (χ3v) is 18.5. The van der Waals surface area contributed by atoms with Crippen molar-refractivity contribution in [3.05, 3.63) is 0 Å². The summed E-state index contributed by atoms with van der Waals surface area (Å²) in [6.07, 6.45) is 44.8. The first kappa shape index (κ1) is 89.1. The molecule has 5 atom stereocenters. The van der Waals surface area contributed by atoms with E-state index in [1.807, 2.05) is 0 Å². The maximum atomic E-state index is 13.0. The van der Waals surface area contributed by atoms with Crippen molar-refractivity contribution in [2.45, 2.75) is 375 Å². The molecule has 0 amide bonds. The van der Waals surface area contributed by atoms with Crippen LogP contribution in [0, 0.1) is 23.7 Å². The van der Waals surface area contributed by atoms with Crippen molar-refractivity contribution in [2.75, 3.05) is 39.6 Å². The predicted octanol–water partition coefficient (Wildman–Crippen LogP) is 20.5. The smallest absolute Gasteiger partial charge is 0.462 e. The summed E-state index contributed by atoms with van der Waals surface area (Å²) in [4.78, 5) is 72.5. The van der Waals surface area contributed by atoms with E-state index in [0.29, 0.717) is 37.5 Å². The lowest BCUT2D eigenvalue weighted by Crippen LogP contribution is -2.30. The van der Waals surface area contributed by atoms with Crippen molar-refractivity contribution in [1.29, 1.82) is 0 Å². The number of aliphatic hydroxyl groups is 1. The van der Waals surface area contributed by atoms with E-state index in [1.54, 1.807) is 0 Å². The number of carbonyl (C=O) groups excluding carboxylic acids is 4. The van der Waals surface area contributed by atoms with Gasteiger partial charge < -0.3 is 33.8 Å². The number of aliphatic hydroxyl groups excluding tert-OH is 1. The first-order valence-electron chi connectivity index (χ1n) is 37.2. The van der Waals surface area contributed by atoms with Gasteiger partial charge in [0, 0.05) is 25.7 Å². The summed E-state index contributed by atoms with van der Waals surface area (Å²) >= 11 is 0. The SMILES string of the molecule is CC(C)CCCCCCCCCCCCCCCCC(=O)OC[C@H](COP(=O)(O)OC[C@@H](O)COP(=O)(O)OC[C@@H](COC(=O)CCCCCCCCC(C)C)OC(=O)CCCCCCCCCCCCCCCC(C)C)OC(=O)CCCCCCCCC(C)C. The zero-order valence-electron chi connectivity index (χ0n) is 59.5. The summed E-state index contributed by atoms with van der Waals surface area (Å²) in [7, 11) is -9.90. The molecule has 0 aromatic carbocycles. The molecule has 0 spiro atoms. The summed E-state index contributed by atoms with van der Waals surface area (Å²) in [6.45, 7) is 14.0. The van der Waals surface area contributed by atoms with Crippen molar-refractivity contribution < 1.29 is 80.2 Å². The van der Waals surface area contributed by atoms with Gasteiger partial charge in [-0.25, -0.2) is 9.13 Å². The molecule has 0 fully saturated rings. The van der Waals surface area contributed by atoms with Crippen LogP contribution in [0.2, 0.25) is 0 Å². The molecule has 0 aromatic rings. The van der Waals surface area contributed by atoms with Crippen LogP contribution in [0.25, 0.3) is 0 Å². The number of phosphoric acid groups is 2. The summed E-state index contributed by atoms with van der Waals surface area (Å²) in [5.41, 5.74) is 0. The Labute approximate surface area is 556 Å². The highest BCUT2D eigenvalue weighted by Gasteiger charge is 2.30. The number of ether oxygens (including phenoxy) is 4. The van der Waals surface area contributed by atoms with Crippen molar-refractivity contribution in [1.82, 2.24) is 0 Å². The molecule has 0 aromatic heterocycles. The van der Waals surface area contributed by atoms with Gasteiger partial charge in [-0.1, -0.05) is 306 Å². The zero-order chi connectivity index (χ0) is 67.5. The standard InChI is InChI=1S/C72H140O17P2/c1-62(2)48-40-32-24-20-16-12-9-10-14-18-22-26-36-44-52-69(74)82-58-68(89-72(77)55-47-39-31-29-35-43-51-65(7)8)61-87-91(80,81)85-57-66(73)56-84-90(78,79)86-60-67(59-83-70(75)53-45-37-30-28-34-42-50-64(5)6)88-71(76)54-46-38-27-23-19-15-11-13-17-21-25-33-41-49-63(3)4/h62-68,73H,9-61H2,1-8H3,(H,78,79)(H,80,81)/t66-,67+,68+/m0/s1. The number of phosphoric ester groups is 2. The van der Waals surface area contributed by atoms with Gasteiger partial charge in [-0.3, -0.25) is 37.3 Å². The molecule has 0 radical (unpaired) electrons. The maximum absolute atomic E-state index is 13.0. The van der Waals surface area contributed by atoms with E-state index in [9.17, 15) is 43.2 Å². The molecule has 2 unspecified atom stereocenters. The minimum Gasteiger partial charge on any atom is -0.462 e. The van der Waals surface area contributed by atoms with E-state index < -0.39 is 97.5 Å². The number of unbranched alkanes of at least 4 members (excludes halogenated alkanes) is 35. The lowest BCUT2D eigenvalue weighted by molar-refractivity contribution is -0.161. The third-order valence-electron chi connectivity index (χ3n) is 16.6. The topological polar surface area (TPSA) is 237 Å². The van der Waals surface area contributed by atoms with Crippen LogP contribution in [0.1, 0.15) is 357 Å². The van der Waals surface area contributed by atoms with Crippen LogP contribution < -0.4 is 0 Å². The second kappa shape index (κ2) is 61.6. The fourth-order valence-corrected chi connectivity index (χ4v) is 12.4. The Hall–Kier alpha value is -1.94. The highest BCUT2D eigenvalue weighted by Crippen LogP contribution is 2.45. The fourth-order valence-electron chi connectivity index (χ4n) is 10.8. The van der Waals surface area contributed by atoms with Crippen LogP contribution in [0.3, 0.4) is 0 Å². The number of rotatable bonds is 69. The van der Waals surface area contributed by atoms with E-state index >= 15 is 0 Å². The second-order valence-electron chi connectivity index (χ2n) is 27.9. The summed E-state index contributed by atoms with van der Waals surface area (Å²) in [5, 5.41) is 10.6. The highest BCUT2D eigenvalue weighted by atomic mass is 31.2. The van der Waals surface area contributed by atoms with Gasteiger partial charge >= 0.3 is 39.5 Å². The average Bonchev–Trinajstić information content (AvgIpc) is 3.05. The molecule has 91 heavy (non-hydrogen) atoms. The molecule has 0 heterocycles. The Morgan fingerprint density at radius 3 is 0.681 bits per heavy atom. The van der Waals surface area contributed by atoms with Crippen molar-refractivity contribution >= 4 is 39.5 Å². The molecule has 19 heteroatoms. The van der Waals surface area contributed by atoms with Crippen molar-refractivity contribution in [3.8, 4) is 0 Å². The molecule has 0 rings (SSSR count). The molecular weight excluding hydrogens is 1200 g/mol. The largest absolute Gasteiger partial charge is 0.472 e. The summed E-state index contributed by atoms with van der Waals surface area (Å²) in [6, 6.07) is 0. The molecule has 17 nitrogen and oxygen atoms in total. The van der Waals surface area contributed by atoms with Crippen LogP contribution in [-0.2, 0) is 65.4 Å². The number of hydrogen-bond acceptors (Lipinski definition) is 15. The van der Waals surface area contributed by atoms with Gasteiger partial charge in [0.05, 0.1) is 26.4 Å². The molecule has 3 N–H and O–H groups in total. The first-order chi connectivity index (χ1) is 43.6. The number of carbonyl (C=O) groups is 4. The molecule has 0 bridgehead atoms. The van der Waals surface area contributed by atoms with Gasteiger partial charge in [-0.2, -0.15) is 0 Å². The molecule has 0 aliphatic carbocycles. The van der Waals surface area contributed by atoms with Gasteiger partial charge in [0.1, 0.15) is 19.3 Å². The molecule has 540 valence electrons. The Balaban J connectivity index is 5.17. The third kappa shape index (κ3) is 66.5. The van der Waals surface area contributed by atoms with Gasteiger partial charge in [0.25, 0.3) is 0 Å². The Morgan fingerprint density at radius 2 is 0.462 bits per heavy atom. The Kier molecular flexibility index (Phi) is 60.3. The first-order valence-corrected chi connectivity index (χ1v) is 40.2. The number of hydrogen-bond donors (Lipinski definition) is 3. The van der Waals surface area contributed by atoms with E-state index in [0.717, 1.165) is 108 Å². The van der Waals surface area contributed by atoms with Gasteiger partial charge in [0.15, 0.2) is 12.2 Å². The van der Waals surface area contributed by atoms with Gasteiger partial charge in [-0.05, 0) is 49.4 Å². The minimum absolute atomic E-state index is 0.102. The number of esters is 4. The predicted molar refractivity (Wildman–Crippen MR) is 367 cm³/mol. The Morgan fingerprint density at radius 1 is 0.275 bits per heavy atom. The average molecular weight is 1340 g/mol. The lowest BCUT2D eigenvalue weighted by atomic mass is 10.0. The maximum Gasteiger partial charge on any atom is 0.472 e. The van der Waals surface area contributed by atoms with E-state index in [4.69, 9.17) is 37.0 Å². The molecule has 0 aliphatic rings. The van der Waals surface area contributed by atoms with Crippen molar-refractivity contribution in [2.24, 2.45) is 23.7 Å². The normalized spacial score (nSPS) is 14.2. The van der Waals surface area contributed by atoms with Crippen LogP contribution >= 0.6 is 15.6 Å². The lowest BCUT2D eigenvalue weighted by Gasteiger charge is -2.21. The molecule has 0 saturated heterocycles. The molecule has 0 saturated carbocycles. The zero-order valence-corrected chi connectivity index (χ0v) is 61.3. The Bertz CT molecular complexity index is 1800.